The average Bonchev–Trinajstić information content (AvgIpc) is 2.93. The van der Waals surface area contributed by atoms with E-state index in [1.165, 1.54) is 11.0 Å². The Morgan fingerprint density at radius 1 is 1.19 bits per heavy atom. The predicted molar refractivity (Wildman–Crippen MR) is 90.4 cm³/mol. The van der Waals surface area contributed by atoms with Crippen LogP contribution in [0.3, 0.4) is 0 Å². The first-order valence-electron chi connectivity index (χ1n) is 8.35. The number of nitrogens with one attached hydrogen (secondary N) is 1. The maximum atomic E-state index is 14.1. The maximum absolute atomic E-state index is 14.1. The zero-order valence-electron chi connectivity index (χ0n) is 14.1. The van der Waals surface area contributed by atoms with Crippen LogP contribution in [0.1, 0.15) is 34.5 Å². The number of piperidine rings is 1. The molecule has 1 saturated heterocycles. The molecular weight excluding hydrogens is 337 g/mol. The van der Waals surface area contributed by atoms with E-state index in [0.717, 1.165) is 5.56 Å². The minimum Gasteiger partial charge on any atom is -0.322 e. The van der Waals surface area contributed by atoms with Gasteiger partial charge in [-0.1, -0.05) is 6.07 Å². The molecule has 1 atom stereocenters. The van der Waals surface area contributed by atoms with Crippen molar-refractivity contribution >= 4 is 17.7 Å². The number of nitrogens with zero attached hydrogens (tertiary/aromatic N) is 2. The topological polar surface area (TPSA) is 79.4 Å². The third-order valence-corrected chi connectivity index (χ3v) is 4.78. The van der Waals surface area contributed by atoms with Crippen molar-refractivity contribution in [2.75, 3.05) is 0 Å². The van der Waals surface area contributed by atoms with E-state index in [2.05, 4.69) is 10.3 Å². The smallest absolute Gasteiger partial charge is 0.255 e. The summed E-state index contributed by atoms with van der Waals surface area (Å²) in [6.07, 6.45) is 0.519. The normalized spacial score (nSPS) is 19.5. The molecule has 0 saturated carbocycles. The molecule has 2 aliphatic rings. The molecule has 1 aromatic carbocycles. The molecule has 2 aromatic rings. The van der Waals surface area contributed by atoms with Gasteiger partial charge in [0.25, 0.3) is 5.91 Å². The Morgan fingerprint density at radius 3 is 2.77 bits per heavy atom. The molecule has 1 fully saturated rings. The van der Waals surface area contributed by atoms with E-state index in [4.69, 9.17) is 0 Å². The van der Waals surface area contributed by atoms with Gasteiger partial charge in [-0.2, -0.15) is 0 Å². The van der Waals surface area contributed by atoms with E-state index in [9.17, 15) is 18.8 Å². The van der Waals surface area contributed by atoms with Gasteiger partial charge in [-0.05, 0) is 43.2 Å². The third-order valence-electron chi connectivity index (χ3n) is 4.78. The van der Waals surface area contributed by atoms with Gasteiger partial charge in [0.2, 0.25) is 11.8 Å². The van der Waals surface area contributed by atoms with Gasteiger partial charge in [-0.25, -0.2) is 4.39 Å². The van der Waals surface area contributed by atoms with Crippen molar-refractivity contribution in [3.63, 3.8) is 0 Å². The summed E-state index contributed by atoms with van der Waals surface area (Å²) < 4.78 is 14.1. The van der Waals surface area contributed by atoms with E-state index < -0.39 is 17.8 Å². The first kappa shape index (κ1) is 16.4. The fourth-order valence-electron chi connectivity index (χ4n) is 3.46. The number of hydrogen-bond donors (Lipinski definition) is 1. The second-order valence-electron chi connectivity index (χ2n) is 6.55. The highest BCUT2D eigenvalue weighted by Crippen LogP contribution is 2.31. The van der Waals surface area contributed by atoms with Crippen LogP contribution in [0.4, 0.5) is 4.39 Å². The van der Waals surface area contributed by atoms with Gasteiger partial charge in [0.1, 0.15) is 17.6 Å². The number of hydrogen-bond acceptors (Lipinski definition) is 4. The number of aromatic nitrogens is 1. The SMILES string of the molecule is Cc1ccc(F)c(-c2ccc3c(c2)CN(C2CCC(=O)NC2=O)C3=O)n1. The fraction of sp³-hybridized carbons (Fsp3) is 0.263. The van der Waals surface area contributed by atoms with Crippen molar-refractivity contribution in [1.82, 2.24) is 15.2 Å². The molecule has 2 aliphatic heterocycles. The Hall–Kier alpha value is -3.09. The van der Waals surface area contributed by atoms with Crippen LogP contribution in [0.2, 0.25) is 0 Å². The number of benzene rings is 1. The Morgan fingerprint density at radius 2 is 2.00 bits per heavy atom. The van der Waals surface area contributed by atoms with Gasteiger partial charge in [0, 0.05) is 29.8 Å². The largest absolute Gasteiger partial charge is 0.322 e. The molecule has 26 heavy (non-hydrogen) atoms. The van der Waals surface area contributed by atoms with Gasteiger partial charge < -0.3 is 4.90 Å². The Bertz CT molecular complexity index is 957. The van der Waals surface area contributed by atoms with Gasteiger partial charge >= 0.3 is 0 Å². The second kappa shape index (κ2) is 6.01. The second-order valence-corrected chi connectivity index (χ2v) is 6.55. The number of carbonyl (C=O) groups excluding carboxylic acids is 3. The molecule has 4 rings (SSSR count). The number of rotatable bonds is 2. The Kier molecular flexibility index (Phi) is 3.79. The fourth-order valence-corrected chi connectivity index (χ4v) is 3.46. The molecule has 3 amide bonds. The Labute approximate surface area is 149 Å². The van der Waals surface area contributed by atoms with Gasteiger partial charge in [0.15, 0.2) is 0 Å². The summed E-state index contributed by atoms with van der Waals surface area (Å²) in [5.41, 5.74) is 2.73. The maximum Gasteiger partial charge on any atom is 0.255 e. The molecule has 1 N–H and O–H groups in total. The summed E-state index contributed by atoms with van der Waals surface area (Å²) in [6, 6.07) is 7.35. The van der Waals surface area contributed by atoms with Crippen LogP contribution in [0.25, 0.3) is 11.3 Å². The lowest BCUT2D eigenvalue weighted by atomic mass is 10.0. The number of fused-ring (bicyclic) bond motifs is 1. The van der Waals surface area contributed by atoms with E-state index in [0.29, 0.717) is 23.2 Å². The van der Waals surface area contributed by atoms with Crippen LogP contribution in [-0.2, 0) is 16.1 Å². The molecular formula is C19H16FN3O3. The summed E-state index contributed by atoms with van der Waals surface area (Å²) >= 11 is 0. The standard InChI is InChI=1S/C19H16FN3O3/c1-10-2-5-14(20)17(21-10)11-3-4-13-12(8-11)9-23(19(13)26)15-6-7-16(24)22-18(15)25/h2-5,8,15H,6-7,9H2,1H3,(H,22,24,25). The van der Waals surface area contributed by atoms with Crippen molar-refractivity contribution in [3.8, 4) is 11.3 Å². The van der Waals surface area contributed by atoms with Crippen molar-refractivity contribution in [3.05, 3.63) is 53.0 Å². The highest BCUT2D eigenvalue weighted by atomic mass is 19.1. The number of amides is 3. The monoisotopic (exact) mass is 353 g/mol. The molecule has 1 aromatic heterocycles. The molecule has 132 valence electrons. The minimum atomic E-state index is -0.662. The summed E-state index contributed by atoms with van der Waals surface area (Å²) in [5.74, 6) is -1.45. The summed E-state index contributed by atoms with van der Waals surface area (Å²) in [4.78, 5) is 41.8. The molecule has 6 nitrogen and oxygen atoms in total. The number of carbonyl (C=O) groups is 3. The lowest BCUT2D eigenvalue weighted by Gasteiger charge is -2.29. The first-order chi connectivity index (χ1) is 12.4. The molecule has 1 unspecified atom stereocenters. The van der Waals surface area contributed by atoms with E-state index >= 15 is 0 Å². The predicted octanol–water partition coefficient (Wildman–Crippen LogP) is 1.96. The van der Waals surface area contributed by atoms with E-state index in [1.54, 1.807) is 31.2 Å². The molecule has 0 radical (unpaired) electrons. The highest BCUT2D eigenvalue weighted by molar-refractivity contribution is 6.05. The van der Waals surface area contributed by atoms with Crippen LogP contribution in [-0.4, -0.2) is 33.6 Å². The zero-order chi connectivity index (χ0) is 18.4. The summed E-state index contributed by atoms with van der Waals surface area (Å²) in [6.45, 7) is 2.03. The number of pyridine rings is 1. The third kappa shape index (κ3) is 2.65. The van der Waals surface area contributed by atoms with Crippen LogP contribution >= 0.6 is 0 Å². The van der Waals surface area contributed by atoms with Gasteiger partial charge in [-0.3, -0.25) is 24.7 Å². The first-order valence-corrected chi connectivity index (χ1v) is 8.35. The van der Waals surface area contributed by atoms with E-state index in [1.807, 2.05) is 0 Å². The zero-order valence-corrected chi connectivity index (χ0v) is 14.1. The molecule has 3 heterocycles. The Balaban J connectivity index is 1.66. The summed E-state index contributed by atoms with van der Waals surface area (Å²) in [5, 5.41) is 2.27. The summed E-state index contributed by atoms with van der Waals surface area (Å²) in [7, 11) is 0. The lowest BCUT2D eigenvalue weighted by molar-refractivity contribution is -0.136. The minimum absolute atomic E-state index is 0.209. The number of aryl methyl sites for hydroxylation is 1. The van der Waals surface area contributed by atoms with Crippen LogP contribution < -0.4 is 5.32 Å². The number of imide groups is 1. The van der Waals surface area contributed by atoms with Gasteiger partial charge in [0.05, 0.1) is 0 Å². The lowest BCUT2D eigenvalue weighted by Crippen LogP contribution is -2.52. The number of halogens is 1. The van der Waals surface area contributed by atoms with Gasteiger partial charge in [-0.15, -0.1) is 0 Å². The quantitative estimate of drug-likeness (QED) is 0.837. The van der Waals surface area contributed by atoms with Crippen LogP contribution in [0.15, 0.2) is 30.3 Å². The van der Waals surface area contributed by atoms with Crippen molar-refractivity contribution in [1.29, 1.82) is 0 Å². The molecule has 0 spiro atoms. The van der Waals surface area contributed by atoms with Crippen molar-refractivity contribution < 1.29 is 18.8 Å². The van der Waals surface area contributed by atoms with Crippen molar-refractivity contribution in [2.45, 2.75) is 32.4 Å². The highest BCUT2D eigenvalue weighted by Gasteiger charge is 2.39. The molecule has 0 aliphatic carbocycles. The van der Waals surface area contributed by atoms with E-state index in [-0.39, 0.29) is 30.5 Å². The van der Waals surface area contributed by atoms with Crippen LogP contribution in [0, 0.1) is 12.7 Å². The molecule has 0 bridgehead atoms. The van der Waals surface area contributed by atoms with Crippen molar-refractivity contribution in [2.24, 2.45) is 0 Å². The molecule has 7 heteroatoms. The van der Waals surface area contributed by atoms with Crippen LogP contribution in [0.5, 0.6) is 0 Å². The average molecular weight is 353 g/mol.